The standard InChI is InChI=1S/C17H14F5N3O2/c18-13-12(14(19)16(21)17(22)15(13)20)9-23-5-7-24(8-6-23)10-1-3-11(4-2-10)25(26)27/h1-4H,5-9H2. The Morgan fingerprint density at radius 2 is 1.30 bits per heavy atom. The highest BCUT2D eigenvalue weighted by Gasteiger charge is 2.28. The van der Waals surface area contributed by atoms with E-state index in [2.05, 4.69) is 0 Å². The molecule has 2 aromatic carbocycles. The first-order chi connectivity index (χ1) is 12.8. The van der Waals surface area contributed by atoms with Gasteiger partial charge in [-0.25, -0.2) is 22.0 Å². The van der Waals surface area contributed by atoms with Gasteiger partial charge < -0.3 is 4.90 Å². The molecule has 1 saturated heterocycles. The summed E-state index contributed by atoms with van der Waals surface area (Å²) in [6.07, 6.45) is 0. The average molecular weight is 387 g/mol. The highest BCUT2D eigenvalue weighted by molar-refractivity contribution is 5.51. The maximum absolute atomic E-state index is 13.8. The zero-order chi connectivity index (χ0) is 19.7. The van der Waals surface area contributed by atoms with Crippen molar-refractivity contribution in [2.75, 3.05) is 31.1 Å². The summed E-state index contributed by atoms with van der Waals surface area (Å²) in [4.78, 5) is 13.7. The van der Waals surface area contributed by atoms with E-state index in [1.165, 1.54) is 12.1 Å². The first-order valence-corrected chi connectivity index (χ1v) is 8.01. The number of hydrogen-bond donors (Lipinski definition) is 0. The molecule has 10 heteroatoms. The van der Waals surface area contributed by atoms with Crippen LogP contribution in [-0.2, 0) is 6.54 Å². The molecule has 0 spiro atoms. The first kappa shape index (κ1) is 19.0. The van der Waals surface area contributed by atoms with Gasteiger partial charge in [-0.15, -0.1) is 0 Å². The zero-order valence-electron chi connectivity index (χ0n) is 13.9. The Kier molecular flexibility index (Phi) is 5.26. The summed E-state index contributed by atoms with van der Waals surface area (Å²) in [7, 11) is 0. The highest BCUT2D eigenvalue weighted by atomic mass is 19.2. The van der Waals surface area contributed by atoms with Crippen molar-refractivity contribution >= 4 is 11.4 Å². The third kappa shape index (κ3) is 3.70. The van der Waals surface area contributed by atoms with Crippen LogP contribution in [0.25, 0.3) is 0 Å². The molecule has 0 N–H and O–H groups in total. The molecule has 27 heavy (non-hydrogen) atoms. The molecule has 3 rings (SSSR count). The lowest BCUT2D eigenvalue weighted by Gasteiger charge is -2.36. The highest BCUT2D eigenvalue weighted by Crippen LogP contribution is 2.25. The number of nitrogens with zero attached hydrogens (tertiary/aromatic N) is 3. The summed E-state index contributed by atoms with van der Waals surface area (Å²) in [5, 5.41) is 10.7. The second-order valence-electron chi connectivity index (χ2n) is 6.09. The summed E-state index contributed by atoms with van der Waals surface area (Å²) in [5.74, 6) is -9.70. The Hall–Kier alpha value is -2.75. The Balaban J connectivity index is 1.67. The van der Waals surface area contributed by atoms with Crippen molar-refractivity contribution in [2.45, 2.75) is 6.54 Å². The van der Waals surface area contributed by atoms with Gasteiger partial charge in [0.25, 0.3) is 5.69 Å². The molecule has 1 fully saturated rings. The van der Waals surface area contributed by atoms with E-state index >= 15 is 0 Å². The van der Waals surface area contributed by atoms with Crippen LogP contribution in [0.1, 0.15) is 5.56 Å². The zero-order valence-corrected chi connectivity index (χ0v) is 13.9. The Labute approximate surface area is 150 Å². The van der Waals surface area contributed by atoms with E-state index in [9.17, 15) is 32.1 Å². The Morgan fingerprint density at radius 1 is 0.815 bits per heavy atom. The van der Waals surface area contributed by atoms with Crippen molar-refractivity contribution in [1.29, 1.82) is 0 Å². The van der Waals surface area contributed by atoms with Gasteiger partial charge in [-0.2, -0.15) is 0 Å². The van der Waals surface area contributed by atoms with Crippen LogP contribution in [0, 0.1) is 39.2 Å². The minimum atomic E-state index is -2.17. The predicted molar refractivity (Wildman–Crippen MR) is 86.8 cm³/mol. The first-order valence-electron chi connectivity index (χ1n) is 8.01. The molecule has 0 aromatic heterocycles. The van der Waals surface area contributed by atoms with Crippen molar-refractivity contribution in [2.24, 2.45) is 0 Å². The van der Waals surface area contributed by atoms with E-state index in [4.69, 9.17) is 0 Å². The van der Waals surface area contributed by atoms with E-state index in [1.54, 1.807) is 17.0 Å². The number of piperazine rings is 1. The monoisotopic (exact) mass is 387 g/mol. The van der Waals surface area contributed by atoms with Crippen LogP contribution in [0.2, 0.25) is 0 Å². The molecular formula is C17H14F5N3O2. The maximum atomic E-state index is 13.8. The molecule has 0 radical (unpaired) electrons. The number of hydrogen-bond acceptors (Lipinski definition) is 4. The van der Waals surface area contributed by atoms with E-state index in [0.29, 0.717) is 26.2 Å². The van der Waals surface area contributed by atoms with Gasteiger partial charge in [0.15, 0.2) is 23.3 Å². The van der Waals surface area contributed by atoms with E-state index in [-0.39, 0.29) is 5.69 Å². The van der Waals surface area contributed by atoms with Crippen LogP contribution in [0.5, 0.6) is 0 Å². The third-order valence-corrected chi connectivity index (χ3v) is 4.48. The number of halogens is 5. The average Bonchev–Trinajstić information content (AvgIpc) is 2.69. The molecule has 1 heterocycles. The van der Waals surface area contributed by atoms with Gasteiger partial charge in [-0.3, -0.25) is 15.0 Å². The molecule has 0 unspecified atom stereocenters. The van der Waals surface area contributed by atoms with Crippen molar-refractivity contribution in [3.8, 4) is 0 Å². The fourth-order valence-corrected chi connectivity index (χ4v) is 2.96. The molecule has 5 nitrogen and oxygen atoms in total. The molecule has 0 atom stereocenters. The number of nitro groups is 1. The summed E-state index contributed by atoms with van der Waals surface area (Å²) < 4.78 is 67.3. The van der Waals surface area contributed by atoms with E-state index in [1.807, 2.05) is 4.90 Å². The molecule has 1 aliphatic heterocycles. The fourth-order valence-electron chi connectivity index (χ4n) is 2.96. The van der Waals surface area contributed by atoms with Gasteiger partial charge in [-0.1, -0.05) is 0 Å². The molecule has 1 aliphatic rings. The van der Waals surface area contributed by atoms with Gasteiger partial charge in [0.05, 0.1) is 4.92 Å². The SMILES string of the molecule is O=[N+]([O-])c1ccc(N2CCN(Cc3c(F)c(F)c(F)c(F)c3F)CC2)cc1. The van der Waals surface area contributed by atoms with Crippen molar-refractivity contribution < 1.29 is 26.9 Å². The number of anilines is 1. The summed E-state index contributed by atoms with van der Waals surface area (Å²) in [5.41, 5.74) is -0.143. The second-order valence-corrected chi connectivity index (χ2v) is 6.09. The summed E-state index contributed by atoms with van der Waals surface area (Å²) >= 11 is 0. The van der Waals surface area contributed by atoms with Crippen LogP contribution < -0.4 is 4.90 Å². The van der Waals surface area contributed by atoms with Gasteiger partial charge in [0.1, 0.15) is 0 Å². The molecule has 0 saturated carbocycles. The van der Waals surface area contributed by atoms with Crippen molar-refractivity contribution in [3.63, 3.8) is 0 Å². The summed E-state index contributed by atoms with van der Waals surface area (Å²) in [6, 6.07) is 5.93. The predicted octanol–water partition coefficient (Wildman–Crippen LogP) is 3.61. The van der Waals surface area contributed by atoms with Crippen molar-refractivity contribution in [3.05, 3.63) is 69.0 Å². The number of non-ortho nitro benzene ring substituents is 1. The minimum Gasteiger partial charge on any atom is -0.369 e. The lowest BCUT2D eigenvalue weighted by Crippen LogP contribution is -2.46. The number of rotatable bonds is 4. The van der Waals surface area contributed by atoms with Crippen LogP contribution in [0.3, 0.4) is 0 Å². The lowest BCUT2D eigenvalue weighted by molar-refractivity contribution is -0.384. The Morgan fingerprint density at radius 3 is 1.78 bits per heavy atom. The number of nitro benzene ring substituents is 1. The normalized spacial score (nSPS) is 15.2. The molecule has 0 amide bonds. The van der Waals surface area contributed by atoms with Gasteiger partial charge in [0, 0.05) is 56.1 Å². The lowest BCUT2D eigenvalue weighted by atomic mass is 10.1. The largest absolute Gasteiger partial charge is 0.369 e. The quantitative estimate of drug-likeness (QED) is 0.264. The number of benzene rings is 2. The van der Waals surface area contributed by atoms with E-state index < -0.39 is 46.1 Å². The second kappa shape index (κ2) is 7.47. The topological polar surface area (TPSA) is 49.6 Å². The molecule has 2 aromatic rings. The minimum absolute atomic E-state index is 0.0382. The summed E-state index contributed by atoms with van der Waals surface area (Å²) in [6.45, 7) is 1.13. The van der Waals surface area contributed by atoms with Gasteiger partial charge in [0.2, 0.25) is 5.82 Å². The fraction of sp³-hybridized carbons (Fsp3) is 0.294. The van der Waals surface area contributed by atoms with Crippen LogP contribution in [-0.4, -0.2) is 36.0 Å². The van der Waals surface area contributed by atoms with Gasteiger partial charge >= 0.3 is 0 Å². The molecule has 0 bridgehead atoms. The molecular weight excluding hydrogens is 373 g/mol. The van der Waals surface area contributed by atoms with Crippen LogP contribution in [0.15, 0.2) is 24.3 Å². The smallest absolute Gasteiger partial charge is 0.269 e. The van der Waals surface area contributed by atoms with Crippen LogP contribution in [0.4, 0.5) is 33.3 Å². The van der Waals surface area contributed by atoms with Crippen LogP contribution >= 0.6 is 0 Å². The van der Waals surface area contributed by atoms with E-state index in [0.717, 1.165) is 5.69 Å². The maximum Gasteiger partial charge on any atom is 0.269 e. The third-order valence-electron chi connectivity index (χ3n) is 4.48. The molecule has 0 aliphatic carbocycles. The van der Waals surface area contributed by atoms with Gasteiger partial charge in [-0.05, 0) is 12.1 Å². The Bertz CT molecular complexity index is 839. The molecule has 144 valence electrons. The van der Waals surface area contributed by atoms with Crippen molar-refractivity contribution in [1.82, 2.24) is 4.90 Å².